The number of anilines is 1. The van der Waals surface area contributed by atoms with Gasteiger partial charge in [-0.1, -0.05) is 0 Å². The maximum atomic E-state index is 12.7. The van der Waals surface area contributed by atoms with Crippen molar-refractivity contribution in [3.63, 3.8) is 0 Å². The van der Waals surface area contributed by atoms with Crippen molar-refractivity contribution >= 4 is 34.4 Å². The first kappa shape index (κ1) is 16.5. The fourth-order valence-corrected chi connectivity index (χ4v) is 4.56. The van der Waals surface area contributed by atoms with Crippen molar-refractivity contribution in [2.45, 2.75) is 38.3 Å². The van der Waals surface area contributed by atoms with Gasteiger partial charge in [0.15, 0.2) is 0 Å². The highest BCUT2D eigenvalue weighted by atomic mass is 32.2. The first-order valence-electron chi connectivity index (χ1n) is 8.74. The van der Waals surface area contributed by atoms with Gasteiger partial charge in [0.2, 0.25) is 0 Å². The van der Waals surface area contributed by atoms with Gasteiger partial charge in [-0.05, 0) is 37.8 Å². The Labute approximate surface area is 151 Å². The van der Waals surface area contributed by atoms with E-state index in [9.17, 15) is 4.79 Å². The Balaban J connectivity index is 1.59. The largest absolute Gasteiger partial charge is 0.347 e. The highest BCUT2D eigenvalue weighted by molar-refractivity contribution is 8.04. The second kappa shape index (κ2) is 6.72. The predicted octanol–water partition coefficient (Wildman–Crippen LogP) is 2.26. The molecule has 4 rings (SSSR count). The number of aryl methyl sites for hydroxylation is 1. The van der Waals surface area contributed by atoms with E-state index < -0.39 is 0 Å². The third-order valence-corrected chi connectivity index (χ3v) is 6.02. The predicted molar refractivity (Wildman–Crippen MR) is 102 cm³/mol. The number of aromatic amines is 1. The zero-order valence-electron chi connectivity index (χ0n) is 14.3. The van der Waals surface area contributed by atoms with E-state index in [4.69, 9.17) is 5.73 Å². The lowest BCUT2D eigenvalue weighted by molar-refractivity contribution is -0.117. The van der Waals surface area contributed by atoms with Gasteiger partial charge in [0, 0.05) is 48.4 Å². The van der Waals surface area contributed by atoms with Gasteiger partial charge in [-0.15, -0.1) is 11.8 Å². The smallest absolute Gasteiger partial charge is 0.259 e. The number of amides is 1. The third-order valence-electron chi connectivity index (χ3n) is 5.03. The minimum absolute atomic E-state index is 0.00635. The van der Waals surface area contributed by atoms with Crippen LogP contribution >= 0.6 is 11.8 Å². The Morgan fingerprint density at radius 3 is 3.16 bits per heavy atom. The second-order valence-corrected chi connectivity index (χ2v) is 7.87. The summed E-state index contributed by atoms with van der Waals surface area (Å²) < 4.78 is 0. The topological polar surface area (TPSA) is 87.0 Å². The molecule has 0 aromatic carbocycles. The van der Waals surface area contributed by atoms with Gasteiger partial charge < -0.3 is 20.9 Å². The third kappa shape index (κ3) is 3.14. The van der Waals surface area contributed by atoms with Gasteiger partial charge in [0.1, 0.15) is 5.65 Å². The highest BCUT2D eigenvalue weighted by Gasteiger charge is 2.27. The lowest BCUT2D eigenvalue weighted by Gasteiger charge is -2.27. The first-order chi connectivity index (χ1) is 12.1. The van der Waals surface area contributed by atoms with Gasteiger partial charge >= 0.3 is 0 Å². The van der Waals surface area contributed by atoms with Crippen LogP contribution in [-0.4, -0.2) is 40.3 Å². The second-order valence-electron chi connectivity index (χ2n) is 6.74. The molecular formula is C18H23N5OS. The first-order valence-corrected chi connectivity index (χ1v) is 9.72. The summed E-state index contributed by atoms with van der Waals surface area (Å²) in [7, 11) is 0. The molecule has 4 N–H and O–H groups in total. The average molecular weight is 357 g/mol. The summed E-state index contributed by atoms with van der Waals surface area (Å²) >= 11 is 1.61. The Hall–Kier alpha value is -1.99. The molecule has 2 aromatic heterocycles. The number of nitrogens with two attached hydrogens (primary N) is 1. The molecule has 0 spiro atoms. The zero-order valence-corrected chi connectivity index (χ0v) is 15.1. The Bertz CT molecular complexity index is 830. The summed E-state index contributed by atoms with van der Waals surface area (Å²) in [5.41, 5.74) is 9.21. The number of aromatic nitrogens is 2. The molecule has 2 aromatic rings. The molecule has 0 saturated heterocycles. The quantitative estimate of drug-likeness (QED) is 0.784. The van der Waals surface area contributed by atoms with Gasteiger partial charge in [0.25, 0.3) is 5.91 Å². The van der Waals surface area contributed by atoms with Crippen LogP contribution < -0.4 is 16.0 Å². The van der Waals surface area contributed by atoms with Crippen LogP contribution in [0.4, 0.5) is 5.69 Å². The van der Waals surface area contributed by atoms with Crippen molar-refractivity contribution < 1.29 is 4.79 Å². The van der Waals surface area contributed by atoms with E-state index >= 15 is 0 Å². The number of nitrogens with zero attached hydrogens (tertiary/aromatic N) is 2. The van der Waals surface area contributed by atoms with E-state index in [1.165, 1.54) is 0 Å². The molecule has 0 radical (unpaired) electrons. The molecule has 1 amide bonds. The molecule has 0 bridgehead atoms. The molecule has 25 heavy (non-hydrogen) atoms. The van der Waals surface area contributed by atoms with Crippen molar-refractivity contribution in [1.29, 1.82) is 0 Å². The summed E-state index contributed by atoms with van der Waals surface area (Å²) in [6, 6.07) is 2.19. The van der Waals surface area contributed by atoms with Crippen molar-refractivity contribution in [2.75, 3.05) is 17.2 Å². The molecule has 0 unspecified atom stereocenters. The minimum Gasteiger partial charge on any atom is -0.347 e. The molecule has 1 fully saturated rings. The molecule has 7 heteroatoms. The normalized spacial score (nSPS) is 23.8. The standard InChI is InChI=1S/C18H23N5OS/c1-11-9-21-17-16(11)14(5-6-20-17)23-7-8-25-15(10-23)18(24)22-13-4-2-3-12(13)19/h5-6,9-10,12-13H,2-4,7-8,19H2,1H3,(H,20,21)(H,22,24)/t12-,13+/m0/s1. The Kier molecular flexibility index (Phi) is 4.43. The van der Waals surface area contributed by atoms with Gasteiger partial charge in [0.05, 0.1) is 10.6 Å². The molecule has 1 aliphatic heterocycles. The number of carbonyl (C=O) groups excluding carboxylic acids is 1. The number of fused-ring (bicyclic) bond motifs is 1. The summed E-state index contributed by atoms with van der Waals surface area (Å²) in [5, 5.41) is 4.23. The van der Waals surface area contributed by atoms with Crippen LogP contribution in [0.3, 0.4) is 0 Å². The molecular weight excluding hydrogens is 334 g/mol. The average Bonchev–Trinajstić information content (AvgIpc) is 3.21. The van der Waals surface area contributed by atoms with Crippen LogP contribution in [0, 0.1) is 6.92 Å². The fraction of sp³-hybridized carbons (Fsp3) is 0.444. The van der Waals surface area contributed by atoms with E-state index in [0.29, 0.717) is 0 Å². The lowest BCUT2D eigenvalue weighted by atomic mass is 10.2. The van der Waals surface area contributed by atoms with E-state index in [1.807, 2.05) is 18.5 Å². The van der Waals surface area contributed by atoms with Crippen LogP contribution in [0.2, 0.25) is 0 Å². The van der Waals surface area contributed by atoms with E-state index in [1.54, 1.807) is 18.0 Å². The maximum Gasteiger partial charge on any atom is 0.259 e. The van der Waals surface area contributed by atoms with E-state index in [2.05, 4.69) is 27.1 Å². The van der Waals surface area contributed by atoms with Gasteiger partial charge in [-0.25, -0.2) is 4.98 Å². The number of pyridine rings is 1. The van der Waals surface area contributed by atoms with Crippen LogP contribution in [0.5, 0.6) is 0 Å². The number of H-pyrrole nitrogens is 1. The lowest BCUT2D eigenvalue weighted by Crippen LogP contribution is -2.44. The molecule has 1 saturated carbocycles. The number of rotatable bonds is 3. The summed E-state index contributed by atoms with van der Waals surface area (Å²) in [5.74, 6) is 0.872. The van der Waals surface area contributed by atoms with E-state index in [0.717, 1.165) is 58.7 Å². The Morgan fingerprint density at radius 2 is 2.36 bits per heavy atom. The van der Waals surface area contributed by atoms with E-state index in [-0.39, 0.29) is 18.0 Å². The number of hydrogen-bond donors (Lipinski definition) is 3. The number of thioether (sulfide) groups is 1. The molecule has 132 valence electrons. The van der Waals surface area contributed by atoms with Crippen molar-refractivity contribution in [3.05, 3.63) is 35.1 Å². The number of nitrogens with one attached hydrogen (secondary N) is 2. The van der Waals surface area contributed by atoms with Gasteiger partial charge in [-0.2, -0.15) is 0 Å². The maximum absolute atomic E-state index is 12.7. The summed E-state index contributed by atoms with van der Waals surface area (Å²) in [6.07, 6.45) is 8.80. The van der Waals surface area contributed by atoms with Crippen molar-refractivity contribution in [2.24, 2.45) is 5.73 Å². The number of hydrogen-bond acceptors (Lipinski definition) is 5. The monoisotopic (exact) mass is 357 g/mol. The van der Waals surface area contributed by atoms with Crippen molar-refractivity contribution in [1.82, 2.24) is 15.3 Å². The minimum atomic E-state index is -0.00635. The summed E-state index contributed by atoms with van der Waals surface area (Å²) in [4.78, 5) is 23.2. The van der Waals surface area contributed by atoms with Crippen LogP contribution in [0.1, 0.15) is 24.8 Å². The highest BCUT2D eigenvalue weighted by Crippen LogP contribution is 2.32. The Morgan fingerprint density at radius 1 is 1.48 bits per heavy atom. The van der Waals surface area contributed by atoms with Crippen molar-refractivity contribution in [3.8, 4) is 0 Å². The SMILES string of the molecule is Cc1c[nH]c2nccc(N3C=C(C(=O)N[C@@H]4CCC[C@@H]4N)SCC3)c12. The molecule has 6 nitrogen and oxygen atoms in total. The molecule has 2 atom stereocenters. The molecule has 1 aliphatic carbocycles. The number of carbonyl (C=O) groups is 1. The molecule has 3 heterocycles. The van der Waals surface area contributed by atoms with Crippen LogP contribution in [-0.2, 0) is 4.79 Å². The van der Waals surface area contributed by atoms with Crippen LogP contribution in [0.15, 0.2) is 29.6 Å². The van der Waals surface area contributed by atoms with Crippen LogP contribution in [0.25, 0.3) is 11.0 Å². The zero-order chi connectivity index (χ0) is 17.4. The molecule has 2 aliphatic rings. The fourth-order valence-electron chi connectivity index (χ4n) is 3.66. The summed E-state index contributed by atoms with van der Waals surface area (Å²) in [6.45, 7) is 2.94. The van der Waals surface area contributed by atoms with Gasteiger partial charge in [-0.3, -0.25) is 4.79 Å².